The highest BCUT2D eigenvalue weighted by Gasteiger charge is 2.24. The first-order valence-electron chi connectivity index (χ1n) is 5.53. The summed E-state index contributed by atoms with van der Waals surface area (Å²) in [6.45, 7) is 2.11. The highest BCUT2D eigenvalue weighted by molar-refractivity contribution is 5.49. The maximum absolute atomic E-state index is 5.85. The summed E-state index contributed by atoms with van der Waals surface area (Å²) in [5.74, 6) is 0.964. The van der Waals surface area contributed by atoms with Gasteiger partial charge in [0.1, 0.15) is 5.75 Å². The van der Waals surface area contributed by atoms with E-state index in [0.717, 1.165) is 23.6 Å². The van der Waals surface area contributed by atoms with Gasteiger partial charge in [0.2, 0.25) is 0 Å². The molecule has 1 saturated carbocycles. The van der Waals surface area contributed by atoms with Crippen LogP contribution in [0.3, 0.4) is 0 Å². The molecule has 0 spiro atoms. The van der Waals surface area contributed by atoms with Gasteiger partial charge in [0.05, 0.1) is 23.7 Å². The van der Waals surface area contributed by atoms with Crippen LogP contribution in [-0.4, -0.2) is 25.2 Å². The molecule has 0 bridgehead atoms. The molecule has 1 aromatic heterocycles. The van der Waals surface area contributed by atoms with Crippen molar-refractivity contribution in [1.82, 2.24) is 4.98 Å². The summed E-state index contributed by atoms with van der Waals surface area (Å²) in [5, 5.41) is 0. The maximum Gasteiger partial charge on any atom is 0.143 e. The molecular weight excluding hydrogens is 188 g/mol. The van der Waals surface area contributed by atoms with E-state index in [0.29, 0.717) is 6.10 Å². The fourth-order valence-electron chi connectivity index (χ4n) is 1.44. The molecule has 0 saturated heterocycles. The Morgan fingerprint density at radius 2 is 2.20 bits per heavy atom. The topological polar surface area (TPSA) is 25.4 Å². The van der Waals surface area contributed by atoms with Gasteiger partial charge in [-0.1, -0.05) is 6.92 Å². The molecule has 1 aliphatic rings. The van der Waals surface area contributed by atoms with Gasteiger partial charge in [-0.3, -0.25) is 4.98 Å². The Labute approximate surface area is 91.1 Å². The highest BCUT2D eigenvalue weighted by atomic mass is 16.5. The zero-order chi connectivity index (χ0) is 10.8. The Balaban J connectivity index is 2.24. The molecule has 3 nitrogen and oxygen atoms in total. The summed E-state index contributed by atoms with van der Waals surface area (Å²) >= 11 is 0. The van der Waals surface area contributed by atoms with Crippen molar-refractivity contribution in [3.05, 3.63) is 18.0 Å². The lowest BCUT2D eigenvalue weighted by molar-refractivity contribution is 0.298. The second-order valence-corrected chi connectivity index (χ2v) is 4.20. The molecule has 2 rings (SSSR count). The van der Waals surface area contributed by atoms with Crippen LogP contribution in [0.25, 0.3) is 0 Å². The lowest BCUT2D eigenvalue weighted by Crippen LogP contribution is -2.10. The third kappa shape index (κ3) is 2.41. The second-order valence-electron chi connectivity index (χ2n) is 4.20. The van der Waals surface area contributed by atoms with Crippen LogP contribution in [0.1, 0.15) is 25.5 Å². The van der Waals surface area contributed by atoms with Gasteiger partial charge < -0.3 is 9.64 Å². The summed E-state index contributed by atoms with van der Waals surface area (Å²) in [7, 11) is 4.03. The van der Waals surface area contributed by atoms with Gasteiger partial charge in [-0.05, 0) is 19.3 Å². The molecular formula is C12H18N2O. The van der Waals surface area contributed by atoms with Crippen molar-refractivity contribution in [3.8, 4) is 5.75 Å². The quantitative estimate of drug-likeness (QED) is 0.755. The van der Waals surface area contributed by atoms with Crippen LogP contribution >= 0.6 is 0 Å². The van der Waals surface area contributed by atoms with Crippen LogP contribution in [0.15, 0.2) is 12.3 Å². The summed E-state index contributed by atoms with van der Waals surface area (Å²) in [4.78, 5) is 6.48. The van der Waals surface area contributed by atoms with Crippen LogP contribution < -0.4 is 9.64 Å². The summed E-state index contributed by atoms with van der Waals surface area (Å²) < 4.78 is 5.85. The van der Waals surface area contributed by atoms with Crippen molar-refractivity contribution in [1.29, 1.82) is 0 Å². The molecule has 0 aromatic carbocycles. The monoisotopic (exact) mass is 206 g/mol. The summed E-state index contributed by atoms with van der Waals surface area (Å²) in [5.41, 5.74) is 2.16. The Morgan fingerprint density at radius 3 is 2.73 bits per heavy atom. The van der Waals surface area contributed by atoms with Crippen LogP contribution in [-0.2, 0) is 6.42 Å². The molecule has 0 radical (unpaired) electrons. The largest absolute Gasteiger partial charge is 0.488 e. The number of pyridine rings is 1. The van der Waals surface area contributed by atoms with Gasteiger partial charge in [0.25, 0.3) is 0 Å². The second kappa shape index (κ2) is 4.09. The Bertz CT molecular complexity index is 345. The zero-order valence-corrected chi connectivity index (χ0v) is 9.66. The number of aryl methyl sites for hydroxylation is 1. The van der Waals surface area contributed by atoms with E-state index in [9.17, 15) is 0 Å². The minimum Gasteiger partial charge on any atom is -0.488 e. The number of ether oxygens (including phenoxy) is 1. The molecule has 3 heteroatoms. The molecule has 0 atom stereocenters. The van der Waals surface area contributed by atoms with Gasteiger partial charge >= 0.3 is 0 Å². The van der Waals surface area contributed by atoms with Gasteiger partial charge in [0, 0.05) is 20.2 Å². The first-order chi connectivity index (χ1) is 7.20. The van der Waals surface area contributed by atoms with E-state index in [1.807, 2.05) is 25.2 Å². The Morgan fingerprint density at radius 1 is 1.47 bits per heavy atom. The summed E-state index contributed by atoms with van der Waals surface area (Å²) in [6, 6.07) is 2.09. The maximum atomic E-state index is 5.85. The van der Waals surface area contributed by atoms with Crippen molar-refractivity contribution in [3.63, 3.8) is 0 Å². The number of rotatable bonds is 4. The third-order valence-corrected chi connectivity index (χ3v) is 2.59. The van der Waals surface area contributed by atoms with Gasteiger partial charge in [-0.15, -0.1) is 0 Å². The average Bonchev–Trinajstić information content (AvgIpc) is 3.01. The molecule has 0 N–H and O–H groups in total. The molecule has 0 aliphatic heterocycles. The Hall–Kier alpha value is -1.25. The predicted octanol–water partition coefficient (Wildman–Crippen LogP) is 2.25. The molecule has 15 heavy (non-hydrogen) atoms. The standard InChI is InChI=1S/C12H18N2O/c1-4-11-12(15-10-5-6-10)7-9(8-13-11)14(2)3/h7-8,10H,4-6H2,1-3H3. The first kappa shape index (κ1) is 10.3. The minimum atomic E-state index is 0.439. The molecule has 1 aliphatic carbocycles. The van der Waals surface area contributed by atoms with Crippen molar-refractivity contribution >= 4 is 5.69 Å². The Kier molecular flexibility index (Phi) is 2.80. The summed E-state index contributed by atoms with van der Waals surface area (Å²) in [6.07, 6.45) is 5.65. The number of hydrogen-bond donors (Lipinski definition) is 0. The van der Waals surface area contributed by atoms with Crippen LogP contribution in [0.5, 0.6) is 5.75 Å². The van der Waals surface area contributed by atoms with E-state index in [1.54, 1.807) is 0 Å². The highest BCUT2D eigenvalue weighted by Crippen LogP contribution is 2.30. The fourth-order valence-corrected chi connectivity index (χ4v) is 1.44. The van der Waals surface area contributed by atoms with Crippen LogP contribution in [0.4, 0.5) is 5.69 Å². The van der Waals surface area contributed by atoms with Crippen molar-refractivity contribution in [2.45, 2.75) is 32.3 Å². The van der Waals surface area contributed by atoms with Crippen LogP contribution in [0, 0.1) is 0 Å². The first-order valence-corrected chi connectivity index (χ1v) is 5.53. The predicted molar refractivity (Wildman–Crippen MR) is 61.6 cm³/mol. The van der Waals surface area contributed by atoms with Crippen molar-refractivity contribution in [2.75, 3.05) is 19.0 Å². The number of hydrogen-bond acceptors (Lipinski definition) is 3. The van der Waals surface area contributed by atoms with Gasteiger partial charge in [-0.25, -0.2) is 0 Å². The smallest absolute Gasteiger partial charge is 0.143 e. The van der Waals surface area contributed by atoms with Crippen molar-refractivity contribution < 1.29 is 4.74 Å². The number of nitrogens with zero attached hydrogens (tertiary/aromatic N) is 2. The zero-order valence-electron chi connectivity index (χ0n) is 9.66. The molecule has 1 heterocycles. The van der Waals surface area contributed by atoms with E-state index >= 15 is 0 Å². The molecule has 1 fully saturated rings. The number of aromatic nitrogens is 1. The SMILES string of the molecule is CCc1ncc(N(C)C)cc1OC1CC1. The van der Waals surface area contributed by atoms with E-state index in [-0.39, 0.29) is 0 Å². The average molecular weight is 206 g/mol. The van der Waals surface area contributed by atoms with E-state index < -0.39 is 0 Å². The molecule has 1 aromatic rings. The van der Waals surface area contributed by atoms with E-state index in [1.165, 1.54) is 12.8 Å². The van der Waals surface area contributed by atoms with Gasteiger partial charge in [0.15, 0.2) is 0 Å². The molecule has 82 valence electrons. The van der Waals surface area contributed by atoms with E-state index in [4.69, 9.17) is 4.74 Å². The van der Waals surface area contributed by atoms with Gasteiger partial charge in [-0.2, -0.15) is 0 Å². The van der Waals surface area contributed by atoms with E-state index in [2.05, 4.69) is 18.0 Å². The lowest BCUT2D eigenvalue weighted by atomic mass is 10.2. The van der Waals surface area contributed by atoms with Crippen molar-refractivity contribution in [2.24, 2.45) is 0 Å². The number of anilines is 1. The fraction of sp³-hybridized carbons (Fsp3) is 0.583. The lowest BCUT2D eigenvalue weighted by Gasteiger charge is -2.15. The molecule has 0 unspecified atom stereocenters. The van der Waals surface area contributed by atoms with Crippen LogP contribution in [0.2, 0.25) is 0 Å². The third-order valence-electron chi connectivity index (χ3n) is 2.59. The normalized spacial score (nSPS) is 15.1. The minimum absolute atomic E-state index is 0.439. The molecule has 0 amide bonds.